The Bertz CT molecular complexity index is 3080. The van der Waals surface area contributed by atoms with Gasteiger partial charge in [0.2, 0.25) is 11.6 Å². The summed E-state index contributed by atoms with van der Waals surface area (Å²) in [7, 11) is 1.38. The number of H-pyrrole nitrogens is 1. The molecule has 1 fully saturated rings. The van der Waals surface area contributed by atoms with Gasteiger partial charge in [0.1, 0.15) is 48.8 Å². The number of carbonyl (C=O) groups is 7. The highest BCUT2D eigenvalue weighted by Gasteiger charge is 2.53. The molecule has 12 atom stereocenters. The van der Waals surface area contributed by atoms with Crippen LogP contribution in [0.2, 0.25) is 0 Å². The van der Waals surface area contributed by atoms with Crippen molar-refractivity contribution in [2.75, 3.05) is 26.1 Å². The number of aliphatic hydroxyl groups is 2. The van der Waals surface area contributed by atoms with Gasteiger partial charge in [0, 0.05) is 84.6 Å². The molecule has 1 aliphatic carbocycles. The second-order valence-electron chi connectivity index (χ2n) is 19.9. The zero-order valence-corrected chi connectivity index (χ0v) is 45.9. The number of rotatable bonds is 13. The summed E-state index contributed by atoms with van der Waals surface area (Å²) in [4.78, 5) is 125. The lowest BCUT2D eigenvalue weighted by molar-refractivity contribution is -0.160. The van der Waals surface area contributed by atoms with Crippen LogP contribution in [0.1, 0.15) is 116 Å². The Morgan fingerprint density at radius 1 is 0.937 bits per heavy atom. The lowest BCUT2D eigenvalue weighted by Crippen LogP contribution is -2.46. The fraction of sp³-hybridized carbons (Fsp3) is 0.528. The third-order valence-corrected chi connectivity index (χ3v) is 15.4. The zero-order chi connectivity index (χ0) is 58.4. The first-order valence-corrected chi connectivity index (χ1v) is 26.2. The van der Waals surface area contributed by atoms with Gasteiger partial charge >= 0.3 is 29.4 Å². The minimum absolute atomic E-state index is 0.0162. The lowest BCUT2D eigenvalue weighted by Gasteiger charge is -2.38. The number of ether oxygens (including phenoxy) is 7. The molecule has 2 aromatic rings. The van der Waals surface area contributed by atoms with Crippen LogP contribution in [0.4, 0.5) is 0 Å². The summed E-state index contributed by atoms with van der Waals surface area (Å²) < 4.78 is 41.1. The van der Waals surface area contributed by atoms with Gasteiger partial charge in [-0.25, -0.2) is 4.79 Å². The minimum atomic E-state index is -2.21. The molecular weight excluding hydrogens is 1060 g/mol. The van der Waals surface area contributed by atoms with E-state index in [1.807, 2.05) is 0 Å². The molecule has 5 bridgehead atoms. The number of nitrogens with one attached hydrogen (secondary N) is 2. The molecule has 426 valence electrons. The number of aromatic amines is 1. The molecule has 1 amide bonds. The number of phenols is 1. The summed E-state index contributed by atoms with van der Waals surface area (Å²) in [6.45, 7) is 12.6. The second kappa shape index (κ2) is 25.6. The van der Waals surface area contributed by atoms with E-state index in [0.717, 1.165) is 10.8 Å². The van der Waals surface area contributed by atoms with Crippen LogP contribution in [-0.2, 0) is 47.6 Å². The zero-order valence-electron chi connectivity index (χ0n) is 45.1. The number of carbonyl (C=O) groups excluding carboxylic acids is 7. The number of azide groups is 1. The number of Topliss-reactive ketones (excluding diaryl/α,β-unsaturated/α-hetero) is 3. The van der Waals surface area contributed by atoms with E-state index in [9.17, 15) is 58.5 Å². The summed E-state index contributed by atoms with van der Waals surface area (Å²) in [5.41, 5.74) is 5.78. The van der Waals surface area contributed by atoms with Crippen LogP contribution in [0.5, 0.6) is 11.5 Å². The van der Waals surface area contributed by atoms with Crippen LogP contribution in [0, 0.1) is 37.5 Å². The molecule has 0 unspecified atom stereocenters. The fourth-order valence-corrected chi connectivity index (χ4v) is 10.5. The average Bonchev–Trinajstić information content (AvgIpc) is 3.90. The number of hydrogen-bond acceptors (Lipinski definition) is 21. The Labute approximate surface area is 456 Å². The molecule has 1 aromatic heterocycles. The van der Waals surface area contributed by atoms with Gasteiger partial charge in [-0.2, -0.15) is 0 Å². The monoisotopic (exact) mass is 1120 g/mol. The number of hydrogen-bond donors (Lipinski definition) is 5. The molecule has 5 aliphatic rings. The lowest BCUT2D eigenvalue weighted by atomic mass is 9.78. The summed E-state index contributed by atoms with van der Waals surface area (Å²) in [5, 5.41) is 40.8. The first-order valence-electron chi connectivity index (χ1n) is 25.3. The van der Waals surface area contributed by atoms with Crippen molar-refractivity contribution in [3.63, 3.8) is 0 Å². The molecule has 5 N–H and O–H groups in total. The number of ketones is 3. The molecule has 7 rings (SSSR count). The fourth-order valence-electron chi connectivity index (χ4n) is 9.65. The summed E-state index contributed by atoms with van der Waals surface area (Å²) in [6.07, 6.45) is 1.19. The number of aryl methyl sites for hydroxylation is 1. The van der Waals surface area contributed by atoms with Crippen LogP contribution in [0.15, 0.2) is 67.6 Å². The Hall–Kier alpha value is -7.35. The van der Waals surface area contributed by atoms with Crippen molar-refractivity contribution in [1.29, 1.82) is 0 Å². The molecule has 5 heterocycles. The third-order valence-electron chi connectivity index (χ3n) is 14.3. The van der Waals surface area contributed by atoms with E-state index >= 15 is 0 Å². The van der Waals surface area contributed by atoms with E-state index in [1.165, 1.54) is 66.2 Å². The molecule has 26 heteroatoms. The second-order valence-corrected chi connectivity index (χ2v) is 21.0. The number of phenolic OH excluding ortho intramolecular Hbond substituents is 1. The Morgan fingerprint density at radius 2 is 1.62 bits per heavy atom. The number of aliphatic hydroxyl groups excluding tert-OH is 2. The van der Waals surface area contributed by atoms with Crippen molar-refractivity contribution in [2.45, 2.75) is 130 Å². The van der Waals surface area contributed by atoms with Crippen molar-refractivity contribution in [3.8, 4) is 11.5 Å². The van der Waals surface area contributed by atoms with Crippen LogP contribution in [0.25, 0.3) is 10.4 Å². The van der Waals surface area contributed by atoms with Crippen molar-refractivity contribution in [1.82, 2.24) is 14.9 Å². The SMILES string of the molecule is CO[C@H]1C=CO[C@@]2(C)Oc3c(C)c(O)c4c(c3C2=O)C(=O)C(SCCOC(=O)CCC(=O)OC[C@H]2O[C@@H](n3cc(C)c(=O)[nH]c3=O)C[C@@H]2N=[N+]=[N-])=C(NC(=O)/C(C)=C\C=C/[C@H](C)[C@H](O)[C@@H](C)[C@@H](O)[C@@H](C)[C@H](OC(C)=O)[C@@H]1C)C4=O. The van der Waals surface area contributed by atoms with E-state index < -0.39 is 184 Å². The van der Waals surface area contributed by atoms with Gasteiger partial charge in [-0.15, -0.1) is 11.8 Å². The number of fused-ring (bicyclic) bond motifs is 14. The molecular formula is C53H64N6O19S. The van der Waals surface area contributed by atoms with Gasteiger partial charge in [-0.3, -0.25) is 47.9 Å². The van der Waals surface area contributed by atoms with E-state index in [2.05, 4.69) is 20.3 Å². The Kier molecular flexibility index (Phi) is 19.7. The van der Waals surface area contributed by atoms with Crippen LogP contribution >= 0.6 is 11.8 Å². The number of aromatic hydroxyl groups is 1. The van der Waals surface area contributed by atoms with Crippen molar-refractivity contribution in [3.05, 3.63) is 112 Å². The normalized spacial score (nSPS) is 29.4. The molecule has 0 radical (unpaired) electrons. The predicted octanol–water partition coefficient (Wildman–Crippen LogP) is 4.38. The quantitative estimate of drug-likeness (QED) is 0.0464. The first kappa shape index (κ1) is 60.9. The molecule has 4 aliphatic heterocycles. The number of amides is 1. The molecule has 1 aromatic carbocycles. The van der Waals surface area contributed by atoms with Gasteiger partial charge < -0.3 is 53.8 Å². The summed E-state index contributed by atoms with van der Waals surface area (Å²) >= 11 is 0.682. The number of methoxy groups -OCH3 is 1. The Morgan fingerprint density at radius 3 is 2.28 bits per heavy atom. The van der Waals surface area contributed by atoms with Gasteiger partial charge in [0.25, 0.3) is 17.2 Å². The van der Waals surface area contributed by atoms with Gasteiger partial charge in [0.15, 0.2) is 0 Å². The van der Waals surface area contributed by atoms with Crippen LogP contribution in [0.3, 0.4) is 0 Å². The number of thioether (sulfide) groups is 1. The van der Waals surface area contributed by atoms with E-state index in [4.69, 9.17) is 38.7 Å². The van der Waals surface area contributed by atoms with Gasteiger partial charge in [-0.05, 0) is 32.4 Å². The minimum Gasteiger partial charge on any atom is -0.507 e. The highest BCUT2D eigenvalue weighted by molar-refractivity contribution is 8.04. The number of allylic oxidation sites excluding steroid dienone is 4. The maximum atomic E-state index is 14.8. The smallest absolute Gasteiger partial charge is 0.330 e. The maximum absolute atomic E-state index is 14.8. The summed E-state index contributed by atoms with van der Waals surface area (Å²) in [5.74, 6) is -12.4. The van der Waals surface area contributed by atoms with E-state index in [1.54, 1.807) is 33.8 Å². The average molecular weight is 1120 g/mol. The standard InChI is InChI=1S/C53H64N6O19S/c1-23-12-11-13-24(2)50(69)55-40-44(66)38-37(39-47(29(7)43(38)65)78-53(9,49(39)68)75-17-16-32(72-10)26(4)46(76-30(8)60)28(6)42(64)27(5)41(23)63)45(67)48(40)79-19-18-73-35(61)14-15-36(62)74-22-33-31(57-58-54)20-34(77-33)59-21-25(3)51(70)56-52(59)71/h11-13,16-17,21,23,26-28,31-34,41-42,46,63-65H,14-15,18-20,22H2,1-10H3,(H,55,69)(H,56,70,71)/b12-11-,17-16?,24-13-/t23-,26+,27+,28+,31-,32-,33+,34+,41-,42+,46+,53-/m0/s1. The molecule has 25 nitrogen and oxygen atoms in total. The highest BCUT2D eigenvalue weighted by atomic mass is 32.2. The molecule has 1 saturated heterocycles. The van der Waals surface area contributed by atoms with Gasteiger partial charge in [0.05, 0.1) is 65.1 Å². The van der Waals surface area contributed by atoms with Crippen molar-refractivity contribution >= 4 is 52.9 Å². The third kappa shape index (κ3) is 13.2. The van der Waals surface area contributed by atoms with Crippen LogP contribution < -0.4 is 21.3 Å². The van der Waals surface area contributed by atoms with Crippen molar-refractivity contribution < 1.29 is 82.0 Å². The van der Waals surface area contributed by atoms with E-state index in [-0.39, 0.29) is 34.6 Å². The summed E-state index contributed by atoms with van der Waals surface area (Å²) in [6, 6.07) is -0.861. The molecule has 79 heavy (non-hydrogen) atoms. The van der Waals surface area contributed by atoms with Gasteiger partial charge in [-0.1, -0.05) is 51.0 Å². The number of esters is 3. The molecule has 0 saturated carbocycles. The first-order chi connectivity index (χ1) is 37.3. The highest BCUT2D eigenvalue weighted by Crippen LogP contribution is 2.49. The topological polar surface area (TPSA) is 360 Å². The van der Waals surface area contributed by atoms with Crippen LogP contribution in [-0.4, -0.2) is 134 Å². The maximum Gasteiger partial charge on any atom is 0.330 e. The van der Waals surface area contributed by atoms with Crippen molar-refractivity contribution in [2.24, 2.45) is 28.8 Å². The predicted molar refractivity (Wildman–Crippen MR) is 279 cm³/mol. The number of benzene rings is 1. The largest absolute Gasteiger partial charge is 0.507 e. The Balaban J connectivity index is 1.23. The number of aromatic nitrogens is 2. The van der Waals surface area contributed by atoms with E-state index in [0.29, 0.717) is 11.8 Å². The molecule has 0 spiro atoms. The number of nitrogens with zero attached hydrogens (tertiary/aromatic N) is 4.